The monoisotopic (exact) mass is 443 g/mol. The van der Waals surface area contributed by atoms with Crippen LogP contribution in [0.15, 0.2) is 48.5 Å². The van der Waals surface area contributed by atoms with Crippen LogP contribution in [0.4, 0.5) is 0 Å². The fourth-order valence-corrected chi connectivity index (χ4v) is 6.02. The highest BCUT2D eigenvalue weighted by Gasteiger charge is 2.31. The molecule has 0 amide bonds. The van der Waals surface area contributed by atoms with Gasteiger partial charge < -0.3 is 4.74 Å². The molecule has 0 heterocycles. The van der Waals surface area contributed by atoms with Crippen molar-refractivity contribution in [3.63, 3.8) is 0 Å². The highest BCUT2D eigenvalue weighted by atomic mass is 16.5. The summed E-state index contributed by atoms with van der Waals surface area (Å²) < 4.78 is 5.45. The first-order valence-corrected chi connectivity index (χ1v) is 13.0. The van der Waals surface area contributed by atoms with Gasteiger partial charge in [0, 0.05) is 0 Å². The number of carbonyl (C=O) groups is 1. The zero-order chi connectivity index (χ0) is 23.0. The number of hydrogen-bond donors (Lipinski definition) is 0. The van der Waals surface area contributed by atoms with Crippen molar-refractivity contribution in [1.29, 1.82) is 5.26 Å². The second-order valence-electron chi connectivity index (χ2n) is 10.2. The fraction of sp³-hybridized carbons (Fsp3) is 0.533. The number of nitrogens with zero attached hydrogens (tertiary/aromatic N) is 1. The lowest BCUT2D eigenvalue weighted by molar-refractivity contribution is 0.0734. The van der Waals surface area contributed by atoms with Gasteiger partial charge in [-0.1, -0.05) is 51.2 Å². The highest BCUT2D eigenvalue weighted by Crippen LogP contribution is 2.44. The number of rotatable bonds is 7. The number of hydrogen-bond acceptors (Lipinski definition) is 3. The molecule has 33 heavy (non-hydrogen) atoms. The Morgan fingerprint density at radius 3 is 2.06 bits per heavy atom. The first-order chi connectivity index (χ1) is 16.2. The lowest BCUT2D eigenvalue weighted by Gasteiger charge is -2.38. The molecule has 0 atom stereocenters. The molecular weight excluding hydrogens is 406 g/mol. The van der Waals surface area contributed by atoms with Crippen LogP contribution < -0.4 is 4.74 Å². The van der Waals surface area contributed by atoms with Crippen molar-refractivity contribution < 1.29 is 9.53 Å². The molecule has 0 aromatic heterocycles. The SMILES string of the molecule is CCCC[C@H]1CC[C@H](C2CCC(c3ccc(C(=O)Oc4ccc(C#N)cc4)cc3)CC2)CC1. The lowest BCUT2D eigenvalue weighted by Crippen LogP contribution is -2.25. The van der Waals surface area contributed by atoms with Crippen LogP contribution in [0.5, 0.6) is 5.75 Å². The predicted molar refractivity (Wildman–Crippen MR) is 132 cm³/mol. The van der Waals surface area contributed by atoms with E-state index < -0.39 is 0 Å². The van der Waals surface area contributed by atoms with Crippen LogP contribution in [-0.4, -0.2) is 5.97 Å². The molecule has 2 aliphatic carbocycles. The Hall–Kier alpha value is -2.60. The molecule has 2 aromatic rings. The van der Waals surface area contributed by atoms with E-state index in [1.165, 1.54) is 76.2 Å². The summed E-state index contributed by atoms with van der Waals surface area (Å²) in [6.45, 7) is 2.31. The van der Waals surface area contributed by atoms with Crippen LogP contribution in [0.25, 0.3) is 0 Å². The Labute approximate surface area is 199 Å². The molecule has 0 bridgehead atoms. The molecule has 2 aliphatic rings. The van der Waals surface area contributed by atoms with Crippen LogP contribution >= 0.6 is 0 Å². The van der Waals surface area contributed by atoms with E-state index in [1.807, 2.05) is 12.1 Å². The van der Waals surface area contributed by atoms with Crippen molar-refractivity contribution in [3.8, 4) is 11.8 Å². The molecule has 0 saturated heterocycles. The van der Waals surface area contributed by atoms with Gasteiger partial charge in [-0.2, -0.15) is 5.26 Å². The summed E-state index contributed by atoms with van der Waals surface area (Å²) in [5.74, 6) is 3.61. The minimum Gasteiger partial charge on any atom is -0.423 e. The number of esters is 1. The molecule has 4 rings (SSSR count). The number of unbranched alkanes of at least 4 members (excludes halogenated alkanes) is 1. The van der Waals surface area contributed by atoms with Gasteiger partial charge in [0.05, 0.1) is 17.2 Å². The molecule has 2 fully saturated rings. The van der Waals surface area contributed by atoms with Crippen molar-refractivity contribution >= 4 is 5.97 Å². The Kier molecular flexibility index (Phi) is 8.21. The van der Waals surface area contributed by atoms with E-state index in [2.05, 4.69) is 25.1 Å². The Morgan fingerprint density at radius 1 is 0.879 bits per heavy atom. The molecule has 2 aromatic carbocycles. The number of carbonyl (C=O) groups excluding carboxylic acids is 1. The Morgan fingerprint density at radius 2 is 1.48 bits per heavy atom. The molecule has 3 heteroatoms. The largest absolute Gasteiger partial charge is 0.423 e. The number of nitriles is 1. The van der Waals surface area contributed by atoms with Crippen molar-refractivity contribution in [2.45, 2.75) is 83.5 Å². The van der Waals surface area contributed by atoms with Crippen LogP contribution in [-0.2, 0) is 0 Å². The minimum absolute atomic E-state index is 0.357. The van der Waals surface area contributed by atoms with E-state index in [-0.39, 0.29) is 5.97 Å². The van der Waals surface area contributed by atoms with Gasteiger partial charge in [0.1, 0.15) is 5.75 Å². The number of ether oxygens (including phenoxy) is 1. The minimum atomic E-state index is -0.357. The molecule has 3 nitrogen and oxygen atoms in total. The van der Waals surface area contributed by atoms with Crippen molar-refractivity contribution in [1.82, 2.24) is 0 Å². The predicted octanol–water partition coefficient (Wildman–Crippen LogP) is 8.05. The average Bonchev–Trinajstić information content (AvgIpc) is 2.88. The topological polar surface area (TPSA) is 50.1 Å². The summed E-state index contributed by atoms with van der Waals surface area (Å²) in [6.07, 6.45) is 15.3. The van der Waals surface area contributed by atoms with Crippen molar-refractivity contribution in [3.05, 3.63) is 65.2 Å². The van der Waals surface area contributed by atoms with Gasteiger partial charge in [-0.05, 0) is 104 Å². The number of benzene rings is 2. The van der Waals surface area contributed by atoms with E-state index in [4.69, 9.17) is 10.00 Å². The highest BCUT2D eigenvalue weighted by molar-refractivity contribution is 5.91. The second-order valence-corrected chi connectivity index (χ2v) is 10.2. The molecule has 174 valence electrons. The van der Waals surface area contributed by atoms with Gasteiger partial charge in [0.2, 0.25) is 0 Å². The van der Waals surface area contributed by atoms with Crippen molar-refractivity contribution in [2.75, 3.05) is 0 Å². The molecule has 0 N–H and O–H groups in total. The maximum absolute atomic E-state index is 12.5. The zero-order valence-electron chi connectivity index (χ0n) is 20.0. The van der Waals surface area contributed by atoms with Gasteiger partial charge in [-0.3, -0.25) is 0 Å². The lowest BCUT2D eigenvalue weighted by atomic mass is 9.68. The maximum Gasteiger partial charge on any atom is 0.343 e. The first-order valence-electron chi connectivity index (χ1n) is 13.0. The van der Waals surface area contributed by atoms with Crippen molar-refractivity contribution in [2.24, 2.45) is 17.8 Å². The van der Waals surface area contributed by atoms with Crippen LogP contribution in [0.1, 0.15) is 105 Å². The van der Waals surface area contributed by atoms with E-state index in [1.54, 1.807) is 24.3 Å². The van der Waals surface area contributed by atoms with E-state index >= 15 is 0 Å². The molecule has 0 radical (unpaired) electrons. The Balaban J connectivity index is 1.24. The average molecular weight is 444 g/mol. The third-order valence-corrected chi connectivity index (χ3v) is 8.11. The molecule has 0 unspecified atom stereocenters. The van der Waals surface area contributed by atoms with E-state index in [0.717, 1.165) is 17.8 Å². The van der Waals surface area contributed by atoms with Crippen LogP contribution in [0, 0.1) is 29.1 Å². The van der Waals surface area contributed by atoms with Gasteiger partial charge in [0.25, 0.3) is 0 Å². The van der Waals surface area contributed by atoms with Gasteiger partial charge in [0.15, 0.2) is 0 Å². The molecular formula is C30H37NO2. The quantitative estimate of drug-likeness (QED) is 0.321. The van der Waals surface area contributed by atoms with Gasteiger partial charge in [-0.15, -0.1) is 0 Å². The molecule has 2 saturated carbocycles. The second kappa shape index (κ2) is 11.5. The maximum atomic E-state index is 12.5. The van der Waals surface area contributed by atoms with Gasteiger partial charge in [-0.25, -0.2) is 4.79 Å². The summed E-state index contributed by atoms with van der Waals surface area (Å²) in [6, 6.07) is 16.7. The normalized spacial score (nSPS) is 25.2. The third kappa shape index (κ3) is 6.26. The Bertz CT molecular complexity index is 925. The standard InChI is InChI=1S/C30H37NO2/c1-2-3-4-22-5-9-24(10-6-22)25-11-13-26(14-12-25)27-15-17-28(18-16-27)30(32)33-29-19-7-23(21-31)8-20-29/h7-8,15-20,22,24-26H,2-6,9-14H2,1H3/t22-,24-,25?,26?. The summed E-state index contributed by atoms with van der Waals surface area (Å²) in [7, 11) is 0. The summed E-state index contributed by atoms with van der Waals surface area (Å²) in [5, 5.41) is 8.88. The summed E-state index contributed by atoms with van der Waals surface area (Å²) >= 11 is 0. The summed E-state index contributed by atoms with van der Waals surface area (Å²) in [4.78, 5) is 12.5. The zero-order valence-corrected chi connectivity index (χ0v) is 20.0. The van der Waals surface area contributed by atoms with E-state index in [9.17, 15) is 4.79 Å². The fourth-order valence-electron chi connectivity index (χ4n) is 6.02. The van der Waals surface area contributed by atoms with Crippen LogP contribution in [0.2, 0.25) is 0 Å². The van der Waals surface area contributed by atoms with E-state index in [0.29, 0.717) is 22.8 Å². The molecule has 0 aliphatic heterocycles. The molecule has 0 spiro atoms. The summed E-state index contributed by atoms with van der Waals surface area (Å²) in [5.41, 5.74) is 2.47. The van der Waals surface area contributed by atoms with Gasteiger partial charge >= 0.3 is 5.97 Å². The third-order valence-electron chi connectivity index (χ3n) is 8.11. The van der Waals surface area contributed by atoms with Crippen LogP contribution in [0.3, 0.4) is 0 Å². The first kappa shape index (κ1) is 23.6. The smallest absolute Gasteiger partial charge is 0.343 e.